The van der Waals surface area contributed by atoms with E-state index in [2.05, 4.69) is 16.0 Å². The van der Waals surface area contributed by atoms with Crippen molar-refractivity contribution < 1.29 is 33.4 Å². The summed E-state index contributed by atoms with van der Waals surface area (Å²) < 4.78 is 10.6. The van der Waals surface area contributed by atoms with E-state index in [1.54, 1.807) is 48.5 Å². The van der Waals surface area contributed by atoms with Gasteiger partial charge >= 0.3 is 12.1 Å². The van der Waals surface area contributed by atoms with Crippen LogP contribution in [0.4, 0.5) is 4.79 Å². The number of ether oxygens (including phenoxy) is 2. The zero-order valence-electron chi connectivity index (χ0n) is 24.6. The summed E-state index contributed by atoms with van der Waals surface area (Å²) in [6, 6.07) is 6.59. The van der Waals surface area contributed by atoms with E-state index in [9.17, 15) is 24.0 Å². The van der Waals surface area contributed by atoms with Crippen LogP contribution in [-0.2, 0) is 35.3 Å². The smallest absolute Gasteiger partial charge is 0.410 e. The first-order chi connectivity index (χ1) is 18.7. The quantitative estimate of drug-likeness (QED) is 0.353. The lowest BCUT2D eigenvalue weighted by Crippen LogP contribution is -2.59. The van der Waals surface area contributed by atoms with E-state index < -0.39 is 53.5 Å². The second kappa shape index (κ2) is 14.7. The fraction of sp³-hybridized carbons (Fsp3) is 0.621. The molecule has 0 saturated carbocycles. The minimum atomic E-state index is -0.949. The third kappa shape index (κ3) is 10.2. The lowest BCUT2D eigenvalue weighted by Gasteiger charge is -2.29. The monoisotopic (exact) mass is 560 g/mol. The first-order valence-corrected chi connectivity index (χ1v) is 13.8. The summed E-state index contributed by atoms with van der Waals surface area (Å²) in [7, 11) is 0. The number of rotatable bonds is 11. The molecule has 0 spiro atoms. The molecular formula is C29H44N4O7. The maximum absolute atomic E-state index is 13.3. The first kappa shape index (κ1) is 32.6. The van der Waals surface area contributed by atoms with Gasteiger partial charge in [-0.15, -0.1) is 0 Å². The van der Waals surface area contributed by atoms with Crippen LogP contribution >= 0.6 is 0 Å². The number of nitrogens with zero attached hydrogens (tertiary/aromatic N) is 1. The van der Waals surface area contributed by atoms with Crippen molar-refractivity contribution in [2.75, 3.05) is 13.1 Å². The molecule has 222 valence electrons. The normalized spacial score (nSPS) is 16.7. The number of carbonyl (C=O) groups excluding carboxylic acids is 5. The Kier molecular flexibility index (Phi) is 11.9. The molecule has 4 amide bonds. The van der Waals surface area contributed by atoms with Crippen molar-refractivity contribution in [2.24, 2.45) is 11.8 Å². The Bertz CT molecular complexity index is 1040. The Hall–Kier alpha value is -3.63. The van der Waals surface area contributed by atoms with Gasteiger partial charge in [-0.25, -0.2) is 4.79 Å². The molecule has 2 unspecified atom stereocenters. The van der Waals surface area contributed by atoms with Gasteiger partial charge in [-0.05, 0) is 51.0 Å². The van der Waals surface area contributed by atoms with Gasteiger partial charge in [0.15, 0.2) is 0 Å². The zero-order valence-corrected chi connectivity index (χ0v) is 24.6. The SMILES string of the molecule is CC(C)C(NC(=O)[C@@H](NC(=O)C1CCCN1C(=O)OCc1ccccc1)C(C)C)C(=O)NCC(=O)OC(C)(C)C. The molecule has 40 heavy (non-hydrogen) atoms. The lowest BCUT2D eigenvalue weighted by molar-refractivity contribution is -0.154. The van der Waals surface area contributed by atoms with Gasteiger partial charge in [0, 0.05) is 6.54 Å². The molecule has 1 aliphatic heterocycles. The lowest BCUT2D eigenvalue weighted by atomic mass is 9.99. The molecule has 1 fully saturated rings. The first-order valence-electron chi connectivity index (χ1n) is 13.8. The standard InChI is InChI=1S/C29H44N4O7/c1-18(2)23(26(36)30-16-22(34)40-29(5,6)7)32-27(37)24(19(3)4)31-25(35)21-14-11-15-33(21)28(38)39-17-20-12-9-8-10-13-20/h8-10,12-13,18-19,21,23-24H,11,14-17H2,1-7H3,(H,30,36)(H,31,35)(H,32,37)/t21?,23?,24-/m0/s1. The van der Waals surface area contributed by atoms with E-state index >= 15 is 0 Å². The third-order valence-corrected chi connectivity index (χ3v) is 6.32. The van der Waals surface area contributed by atoms with Gasteiger partial charge in [0.2, 0.25) is 17.7 Å². The summed E-state index contributed by atoms with van der Waals surface area (Å²) in [5.74, 6) is -2.72. The van der Waals surface area contributed by atoms with Gasteiger partial charge in [0.05, 0.1) is 0 Å². The van der Waals surface area contributed by atoms with E-state index in [1.165, 1.54) is 4.90 Å². The van der Waals surface area contributed by atoms with E-state index in [4.69, 9.17) is 9.47 Å². The number of carbonyl (C=O) groups is 5. The largest absolute Gasteiger partial charge is 0.459 e. The van der Waals surface area contributed by atoms with Crippen molar-refractivity contribution >= 4 is 29.8 Å². The maximum atomic E-state index is 13.3. The Balaban J connectivity index is 2.00. The predicted octanol–water partition coefficient (Wildman–Crippen LogP) is 2.53. The molecule has 2 rings (SSSR count). The van der Waals surface area contributed by atoms with Gasteiger partial charge in [0.1, 0.15) is 36.9 Å². The van der Waals surface area contributed by atoms with Crippen LogP contribution in [0.5, 0.6) is 0 Å². The van der Waals surface area contributed by atoms with Gasteiger partial charge in [-0.3, -0.25) is 24.1 Å². The molecule has 3 atom stereocenters. The molecule has 11 nitrogen and oxygen atoms in total. The molecule has 3 N–H and O–H groups in total. The average molecular weight is 561 g/mol. The van der Waals surface area contributed by atoms with Gasteiger partial charge in [-0.1, -0.05) is 58.0 Å². The van der Waals surface area contributed by atoms with Crippen LogP contribution in [0.2, 0.25) is 0 Å². The maximum Gasteiger partial charge on any atom is 0.410 e. The van der Waals surface area contributed by atoms with Crippen molar-refractivity contribution in [2.45, 2.75) is 91.6 Å². The summed E-state index contributed by atoms with van der Waals surface area (Å²) in [6.45, 7) is 12.4. The molecule has 1 heterocycles. The van der Waals surface area contributed by atoms with Crippen LogP contribution in [0.1, 0.15) is 66.9 Å². The molecule has 1 aromatic rings. The molecule has 0 bridgehead atoms. The van der Waals surface area contributed by atoms with Crippen molar-refractivity contribution in [1.29, 1.82) is 0 Å². The van der Waals surface area contributed by atoms with E-state index in [0.29, 0.717) is 19.4 Å². The van der Waals surface area contributed by atoms with E-state index in [-0.39, 0.29) is 25.0 Å². The van der Waals surface area contributed by atoms with E-state index in [0.717, 1.165) is 5.56 Å². The molecule has 1 aliphatic rings. The van der Waals surface area contributed by atoms with Crippen LogP contribution in [0.3, 0.4) is 0 Å². The summed E-state index contributed by atoms with van der Waals surface area (Å²) >= 11 is 0. The number of esters is 1. The summed E-state index contributed by atoms with van der Waals surface area (Å²) in [6.07, 6.45) is 0.485. The van der Waals surface area contributed by atoms with Crippen LogP contribution < -0.4 is 16.0 Å². The number of nitrogens with one attached hydrogen (secondary N) is 3. The van der Waals surface area contributed by atoms with Crippen LogP contribution in [0.15, 0.2) is 30.3 Å². The molecule has 1 aromatic carbocycles. The average Bonchev–Trinajstić information content (AvgIpc) is 3.37. The van der Waals surface area contributed by atoms with Crippen molar-refractivity contribution in [1.82, 2.24) is 20.9 Å². The Morgan fingerprint density at radius 2 is 1.52 bits per heavy atom. The third-order valence-electron chi connectivity index (χ3n) is 6.32. The molecule has 0 radical (unpaired) electrons. The molecule has 0 aliphatic carbocycles. The minimum absolute atomic E-state index is 0.0914. The topological polar surface area (TPSA) is 143 Å². The highest BCUT2D eigenvalue weighted by Gasteiger charge is 2.38. The minimum Gasteiger partial charge on any atom is -0.459 e. The molecule has 0 aromatic heterocycles. The van der Waals surface area contributed by atoms with Crippen molar-refractivity contribution in [3.05, 3.63) is 35.9 Å². The Morgan fingerprint density at radius 1 is 0.925 bits per heavy atom. The second-order valence-electron chi connectivity index (χ2n) is 11.7. The van der Waals surface area contributed by atoms with Crippen LogP contribution in [0.25, 0.3) is 0 Å². The highest BCUT2D eigenvalue weighted by Crippen LogP contribution is 2.20. The highest BCUT2D eigenvalue weighted by molar-refractivity contribution is 5.94. The highest BCUT2D eigenvalue weighted by atomic mass is 16.6. The fourth-order valence-electron chi connectivity index (χ4n) is 4.27. The van der Waals surface area contributed by atoms with Crippen LogP contribution in [-0.4, -0.2) is 71.5 Å². The molecular weight excluding hydrogens is 516 g/mol. The zero-order chi connectivity index (χ0) is 30.0. The van der Waals surface area contributed by atoms with Crippen LogP contribution in [0, 0.1) is 11.8 Å². The number of amides is 4. The number of hydrogen-bond donors (Lipinski definition) is 3. The number of benzene rings is 1. The fourth-order valence-corrected chi connectivity index (χ4v) is 4.27. The predicted molar refractivity (Wildman–Crippen MR) is 149 cm³/mol. The summed E-state index contributed by atoms with van der Waals surface area (Å²) in [5.41, 5.74) is 0.145. The second-order valence-corrected chi connectivity index (χ2v) is 11.7. The summed E-state index contributed by atoms with van der Waals surface area (Å²) in [4.78, 5) is 65.4. The van der Waals surface area contributed by atoms with E-state index in [1.807, 2.05) is 30.3 Å². The van der Waals surface area contributed by atoms with Crippen molar-refractivity contribution in [3.8, 4) is 0 Å². The van der Waals surface area contributed by atoms with Gasteiger partial charge in [0.25, 0.3) is 0 Å². The molecule has 1 saturated heterocycles. The van der Waals surface area contributed by atoms with Crippen molar-refractivity contribution in [3.63, 3.8) is 0 Å². The summed E-state index contributed by atoms with van der Waals surface area (Å²) in [5, 5.41) is 8.00. The Labute approximate surface area is 236 Å². The van der Waals surface area contributed by atoms with Gasteiger partial charge in [-0.2, -0.15) is 0 Å². The Morgan fingerprint density at radius 3 is 2.10 bits per heavy atom. The number of hydrogen-bond acceptors (Lipinski definition) is 7. The number of likely N-dealkylation sites (tertiary alicyclic amines) is 1. The molecule has 11 heteroatoms. The van der Waals surface area contributed by atoms with Gasteiger partial charge < -0.3 is 25.4 Å².